The topological polar surface area (TPSA) is 94.0 Å². The Morgan fingerprint density at radius 1 is 1.53 bits per heavy atom. The van der Waals surface area contributed by atoms with E-state index in [9.17, 15) is 9.18 Å². The summed E-state index contributed by atoms with van der Waals surface area (Å²) >= 11 is 5.88. The Morgan fingerprint density at radius 2 is 2.32 bits per heavy atom. The number of carbonyl (C=O) groups is 1. The predicted octanol–water partition coefficient (Wildman–Crippen LogP) is 1.10. The van der Waals surface area contributed by atoms with Crippen LogP contribution in [0.15, 0.2) is 22.7 Å². The molecular formula is C11H10ClFN4O2. The van der Waals surface area contributed by atoms with Gasteiger partial charge >= 0.3 is 0 Å². The monoisotopic (exact) mass is 284 g/mol. The molecular weight excluding hydrogens is 275 g/mol. The minimum Gasteiger partial charge on any atom is -0.369 e. The molecule has 1 heterocycles. The average molecular weight is 285 g/mol. The van der Waals surface area contributed by atoms with E-state index in [-0.39, 0.29) is 29.8 Å². The number of hydrogen-bond donors (Lipinski definition) is 2. The van der Waals surface area contributed by atoms with Crippen molar-refractivity contribution in [2.45, 2.75) is 6.54 Å². The number of primary amides is 1. The number of hydrogen-bond acceptors (Lipinski definition) is 5. The van der Waals surface area contributed by atoms with Gasteiger partial charge in [0.05, 0.1) is 18.1 Å². The van der Waals surface area contributed by atoms with Crippen LogP contribution in [0.25, 0.3) is 11.4 Å². The zero-order valence-electron chi connectivity index (χ0n) is 9.69. The highest BCUT2D eigenvalue weighted by molar-refractivity contribution is 6.33. The molecule has 6 nitrogen and oxygen atoms in total. The SMILES string of the molecule is NC(=O)CNCc1nc(-c2ccc(F)cc2Cl)no1. The van der Waals surface area contributed by atoms with E-state index >= 15 is 0 Å². The largest absolute Gasteiger partial charge is 0.369 e. The molecule has 1 aromatic heterocycles. The second-order valence-electron chi connectivity index (χ2n) is 3.71. The van der Waals surface area contributed by atoms with Gasteiger partial charge in [-0.25, -0.2) is 4.39 Å². The van der Waals surface area contributed by atoms with Crippen LogP contribution in [0.4, 0.5) is 4.39 Å². The van der Waals surface area contributed by atoms with E-state index in [0.29, 0.717) is 5.56 Å². The van der Waals surface area contributed by atoms with Crippen molar-refractivity contribution in [1.82, 2.24) is 15.5 Å². The molecule has 2 rings (SSSR count). The quantitative estimate of drug-likeness (QED) is 0.857. The Morgan fingerprint density at radius 3 is 3.00 bits per heavy atom. The van der Waals surface area contributed by atoms with E-state index in [0.717, 1.165) is 6.07 Å². The molecule has 0 unspecified atom stereocenters. The number of carbonyl (C=O) groups excluding carboxylic acids is 1. The van der Waals surface area contributed by atoms with Crippen LogP contribution in [0, 0.1) is 5.82 Å². The summed E-state index contributed by atoms with van der Waals surface area (Å²) in [6.45, 7) is 0.212. The molecule has 100 valence electrons. The summed E-state index contributed by atoms with van der Waals surface area (Å²) in [7, 11) is 0. The summed E-state index contributed by atoms with van der Waals surface area (Å²) < 4.78 is 17.9. The normalized spacial score (nSPS) is 10.6. The lowest BCUT2D eigenvalue weighted by atomic mass is 10.2. The molecule has 0 aliphatic carbocycles. The molecule has 19 heavy (non-hydrogen) atoms. The summed E-state index contributed by atoms with van der Waals surface area (Å²) in [5.74, 6) is -0.403. The zero-order valence-corrected chi connectivity index (χ0v) is 10.4. The first-order chi connectivity index (χ1) is 9.06. The third-order valence-electron chi connectivity index (χ3n) is 2.22. The zero-order chi connectivity index (χ0) is 13.8. The molecule has 3 N–H and O–H groups in total. The van der Waals surface area contributed by atoms with Crippen molar-refractivity contribution >= 4 is 17.5 Å². The van der Waals surface area contributed by atoms with Gasteiger partial charge in [-0.1, -0.05) is 16.8 Å². The van der Waals surface area contributed by atoms with Crippen LogP contribution < -0.4 is 11.1 Å². The highest BCUT2D eigenvalue weighted by Gasteiger charge is 2.12. The standard InChI is InChI=1S/C11H10ClFN4O2/c12-8-3-6(13)1-2-7(8)11-16-10(19-17-11)5-15-4-9(14)18/h1-3,15H,4-5H2,(H2,14,18). The first-order valence-corrected chi connectivity index (χ1v) is 5.71. The van der Waals surface area contributed by atoms with Gasteiger partial charge in [0.15, 0.2) is 0 Å². The molecule has 0 atom stereocenters. The lowest BCUT2D eigenvalue weighted by molar-refractivity contribution is -0.117. The summed E-state index contributed by atoms with van der Waals surface area (Å²) in [6, 6.07) is 3.88. The van der Waals surface area contributed by atoms with E-state index in [1.165, 1.54) is 12.1 Å². The predicted molar refractivity (Wildman–Crippen MR) is 65.6 cm³/mol. The number of benzene rings is 1. The molecule has 2 aromatic rings. The molecule has 0 bridgehead atoms. The third-order valence-corrected chi connectivity index (χ3v) is 2.53. The molecule has 0 saturated heterocycles. The fourth-order valence-electron chi connectivity index (χ4n) is 1.40. The maximum absolute atomic E-state index is 12.9. The average Bonchev–Trinajstić information content (AvgIpc) is 2.77. The van der Waals surface area contributed by atoms with Crippen LogP contribution in [-0.4, -0.2) is 22.6 Å². The summed E-state index contributed by atoms with van der Waals surface area (Å²) in [4.78, 5) is 14.6. The summed E-state index contributed by atoms with van der Waals surface area (Å²) in [5.41, 5.74) is 5.43. The fraction of sp³-hybridized carbons (Fsp3) is 0.182. The molecule has 0 radical (unpaired) electrons. The van der Waals surface area contributed by atoms with Gasteiger partial charge in [-0.15, -0.1) is 0 Å². The first kappa shape index (κ1) is 13.4. The van der Waals surface area contributed by atoms with Gasteiger partial charge in [0.1, 0.15) is 5.82 Å². The van der Waals surface area contributed by atoms with Crippen molar-refractivity contribution in [3.63, 3.8) is 0 Å². The molecule has 0 aliphatic rings. The van der Waals surface area contributed by atoms with Crippen LogP contribution in [0.2, 0.25) is 5.02 Å². The minimum absolute atomic E-state index is 0.00895. The Bertz CT molecular complexity index is 602. The van der Waals surface area contributed by atoms with Crippen molar-refractivity contribution < 1.29 is 13.7 Å². The van der Waals surface area contributed by atoms with Gasteiger partial charge in [-0.05, 0) is 18.2 Å². The van der Waals surface area contributed by atoms with Gasteiger partial charge in [0.25, 0.3) is 0 Å². The van der Waals surface area contributed by atoms with Crippen LogP contribution in [0.1, 0.15) is 5.89 Å². The molecule has 0 aliphatic heterocycles. The first-order valence-electron chi connectivity index (χ1n) is 5.33. The van der Waals surface area contributed by atoms with Crippen molar-refractivity contribution in [3.05, 3.63) is 34.9 Å². The van der Waals surface area contributed by atoms with Crippen LogP contribution >= 0.6 is 11.6 Å². The third kappa shape index (κ3) is 3.49. The Hall–Kier alpha value is -1.99. The van der Waals surface area contributed by atoms with Crippen molar-refractivity contribution in [2.75, 3.05) is 6.54 Å². The van der Waals surface area contributed by atoms with Gasteiger partial charge in [-0.2, -0.15) is 4.98 Å². The second-order valence-corrected chi connectivity index (χ2v) is 4.11. The number of amides is 1. The molecule has 0 fully saturated rings. The Balaban J connectivity index is 2.10. The van der Waals surface area contributed by atoms with Crippen LogP contribution in [-0.2, 0) is 11.3 Å². The molecule has 0 spiro atoms. The van der Waals surface area contributed by atoms with E-state index in [4.69, 9.17) is 21.9 Å². The van der Waals surface area contributed by atoms with Crippen LogP contribution in [0.5, 0.6) is 0 Å². The number of nitrogens with two attached hydrogens (primary N) is 1. The van der Waals surface area contributed by atoms with E-state index in [2.05, 4.69) is 15.5 Å². The lowest BCUT2D eigenvalue weighted by Gasteiger charge is -1.98. The smallest absolute Gasteiger partial charge is 0.240 e. The number of nitrogens with one attached hydrogen (secondary N) is 1. The van der Waals surface area contributed by atoms with Crippen molar-refractivity contribution in [1.29, 1.82) is 0 Å². The molecule has 8 heteroatoms. The minimum atomic E-state index is -0.485. The van der Waals surface area contributed by atoms with E-state index in [1.807, 2.05) is 0 Å². The molecule has 1 amide bonds. The molecule has 1 aromatic carbocycles. The Kier molecular flexibility index (Phi) is 4.08. The Labute approximate surface area is 112 Å². The number of halogens is 2. The number of aromatic nitrogens is 2. The van der Waals surface area contributed by atoms with E-state index < -0.39 is 11.7 Å². The maximum Gasteiger partial charge on any atom is 0.240 e. The molecule has 0 saturated carbocycles. The van der Waals surface area contributed by atoms with Gasteiger partial charge in [0, 0.05) is 5.56 Å². The van der Waals surface area contributed by atoms with Gasteiger partial charge < -0.3 is 10.3 Å². The maximum atomic E-state index is 12.9. The summed E-state index contributed by atoms with van der Waals surface area (Å²) in [6.07, 6.45) is 0. The van der Waals surface area contributed by atoms with Crippen molar-refractivity contribution in [3.8, 4) is 11.4 Å². The highest BCUT2D eigenvalue weighted by Crippen LogP contribution is 2.26. The highest BCUT2D eigenvalue weighted by atomic mass is 35.5. The number of nitrogens with zero attached hydrogens (tertiary/aromatic N) is 2. The van der Waals surface area contributed by atoms with Gasteiger partial charge in [0.2, 0.25) is 17.6 Å². The van der Waals surface area contributed by atoms with Crippen LogP contribution in [0.3, 0.4) is 0 Å². The van der Waals surface area contributed by atoms with E-state index in [1.54, 1.807) is 0 Å². The number of rotatable bonds is 5. The fourth-order valence-corrected chi connectivity index (χ4v) is 1.65. The van der Waals surface area contributed by atoms with Crippen molar-refractivity contribution in [2.24, 2.45) is 5.73 Å². The van der Waals surface area contributed by atoms with Gasteiger partial charge in [-0.3, -0.25) is 10.1 Å². The lowest BCUT2D eigenvalue weighted by Crippen LogP contribution is -2.28. The second kappa shape index (κ2) is 5.77. The summed E-state index contributed by atoms with van der Waals surface area (Å²) in [5, 5.41) is 6.64.